The zero-order chi connectivity index (χ0) is 4.41. The molecule has 1 aliphatic rings. The van der Waals surface area contributed by atoms with E-state index >= 15 is 0 Å². The van der Waals surface area contributed by atoms with E-state index < -0.39 is 0 Å². The lowest BCUT2D eigenvalue weighted by Crippen LogP contribution is -1.93. The molecule has 0 unspecified atom stereocenters. The number of hydrazone groups is 1. The van der Waals surface area contributed by atoms with Gasteiger partial charge in [0.1, 0.15) is 0 Å². The van der Waals surface area contributed by atoms with Crippen molar-refractivity contribution in [3.63, 3.8) is 0 Å². The summed E-state index contributed by atoms with van der Waals surface area (Å²) in [4.78, 5) is 0. The maximum Gasteiger partial charge on any atom is 0.0410 e. The normalized spacial score (nSPS) is 17.2. The van der Waals surface area contributed by atoms with Crippen LogP contribution in [-0.4, -0.2) is 10.9 Å². The minimum atomic E-state index is 1.05. The molecule has 0 bridgehead atoms. The van der Waals surface area contributed by atoms with Crippen LogP contribution >= 0.6 is 0 Å². The molecule has 3 nitrogen and oxygen atoms in total. The molecule has 0 aliphatic heterocycles. The van der Waals surface area contributed by atoms with Crippen LogP contribution in [0.15, 0.2) is 5.10 Å². The van der Waals surface area contributed by atoms with Crippen LogP contribution in [0.3, 0.4) is 0 Å². The van der Waals surface area contributed by atoms with E-state index in [0.29, 0.717) is 0 Å². The van der Waals surface area contributed by atoms with Gasteiger partial charge < -0.3 is 0 Å². The molecule has 0 heterocycles. The Morgan fingerprint density at radius 1 is 1.67 bits per heavy atom. The fourth-order valence-corrected chi connectivity index (χ4v) is 0.238. The maximum absolute atomic E-state index is 7.84. The molecule has 1 fully saturated rings. The SMILES string of the molecule is ONN=C1CC1. The summed E-state index contributed by atoms with van der Waals surface area (Å²) in [5.41, 5.74) is 2.77. The molecule has 0 radical (unpaired) electrons. The lowest BCUT2D eigenvalue weighted by atomic mass is 10.9. The van der Waals surface area contributed by atoms with Crippen molar-refractivity contribution >= 4 is 5.71 Å². The molecule has 2 N–H and O–H groups in total. The van der Waals surface area contributed by atoms with Gasteiger partial charge in [-0.3, -0.25) is 5.21 Å². The van der Waals surface area contributed by atoms with Gasteiger partial charge in [0.15, 0.2) is 0 Å². The first-order valence-corrected chi connectivity index (χ1v) is 1.88. The van der Waals surface area contributed by atoms with Crippen molar-refractivity contribution in [1.29, 1.82) is 0 Å². The second kappa shape index (κ2) is 1.26. The van der Waals surface area contributed by atoms with Gasteiger partial charge in [-0.1, -0.05) is 0 Å². The number of hydrogen-bond donors (Lipinski definition) is 2. The highest BCUT2D eigenvalue weighted by atomic mass is 16.5. The van der Waals surface area contributed by atoms with Crippen molar-refractivity contribution in [1.82, 2.24) is 5.59 Å². The third kappa shape index (κ3) is 0.687. The van der Waals surface area contributed by atoms with Crippen LogP contribution in [0.1, 0.15) is 12.8 Å². The third-order valence-corrected chi connectivity index (χ3v) is 0.682. The Balaban J connectivity index is 2.24. The summed E-state index contributed by atoms with van der Waals surface area (Å²) in [6.07, 6.45) is 2.10. The zero-order valence-electron chi connectivity index (χ0n) is 3.31. The molecule has 34 valence electrons. The molecule has 1 aliphatic carbocycles. The predicted octanol–water partition coefficient (Wildman–Crippen LogP) is 0.115. The van der Waals surface area contributed by atoms with E-state index in [0.717, 1.165) is 18.6 Å². The Bertz CT molecular complexity index is 72.9. The zero-order valence-corrected chi connectivity index (χ0v) is 3.31. The number of hydrogen-bond acceptors (Lipinski definition) is 3. The average Bonchev–Trinajstić information content (AvgIpc) is 2.21. The minimum Gasteiger partial charge on any atom is -0.274 e. The topological polar surface area (TPSA) is 44.6 Å². The van der Waals surface area contributed by atoms with Crippen molar-refractivity contribution in [2.75, 3.05) is 0 Å². The van der Waals surface area contributed by atoms with Crippen molar-refractivity contribution in [2.45, 2.75) is 12.8 Å². The summed E-state index contributed by atoms with van der Waals surface area (Å²) in [5.74, 6) is 0. The van der Waals surface area contributed by atoms with E-state index in [2.05, 4.69) is 5.10 Å². The van der Waals surface area contributed by atoms with Gasteiger partial charge in [-0.2, -0.15) is 10.7 Å². The summed E-state index contributed by atoms with van der Waals surface area (Å²) in [7, 11) is 0. The smallest absolute Gasteiger partial charge is 0.0410 e. The maximum atomic E-state index is 7.84. The molecule has 0 amide bonds. The van der Waals surface area contributed by atoms with Crippen molar-refractivity contribution in [2.24, 2.45) is 5.10 Å². The van der Waals surface area contributed by atoms with Gasteiger partial charge in [-0.25, -0.2) is 0 Å². The van der Waals surface area contributed by atoms with Crippen LogP contribution in [0.2, 0.25) is 0 Å². The van der Waals surface area contributed by atoms with Crippen LogP contribution in [-0.2, 0) is 0 Å². The lowest BCUT2D eigenvalue weighted by Gasteiger charge is -1.75. The first-order valence-electron chi connectivity index (χ1n) is 1.88. The molecule has 0 spiro atoms. The summed E-state index contributed by atoms with van der Waals surface area (Å²) >= 11 is 0. The minimum absolute atomic E-state index is 1.05. The van der Waals surface area contributed by atoms with Gasteiger partial charge in [-0.15, -0.1) is 0 Å². The molecule has 3 heteroatoms. The third-order valence-electron chi connectivity index (χ3n) is 0.682. The van der Waals surface area contributed by atoms with E-state index in [1.54, 1.807) is 5.59 Å². The second-order valence-corrected chi connectivity index (χ2v) is 1.28. The van der Waals surface area contributed by atoms with Crippen molar-refractivity contribution < 1.29 is 5.21 Å². The van der Waals surface area contributed by atoms with Gasteiger partial charge >= 0.3 is 0 Å². The summed E-state index contributed by atoms with van der Waals surface area (Å²) < 4.78 is 0. The van der Waals surface area contributed by atoms with Gasteiger partial charge in [0.2, 0.25) is 0 Å². The van der Waals surface area contributed by atoms with Gasteiger partial charge in [0, 0.05) is 5.71 Å². The molecule has 1 saturated carbocycles. The van der Waals surface area contributed by atoms with Crippen LogP contribution < -0.4 is 5.59 Å². The fourth-order valence-electron chi connectivity index (χ4n) is 0.238. The van der Waals surface area contributed by atoms with Crippen molar-refractivity contribution in [3.8, 4) is 0 Å². The highest BCUT2D eigenvalue weighted by molar-refractivity contribution is 5.97. The first kappa shape index (κ1) is 3.61. The Kier molecular flexibility index (Phi) is 0.759. The molecule has 0 aromatic rings. The number of rotatable bonds is 1. The molecule has 0 atom stereocenters. The van der Waals surface area contributed by atoms with Crippen LogP contribution in [0.4, 0.5) is 0 Å². The van der Waals surface area contributed by atoms with E-state index in [9.17, 15) is 0 Å². The molecular weight excluding hydrogens is 80.0 g/mol. The van der Waals surface area contributed by atoms with Crippen LogP contribution in [0.5, 0.6) is 0 Å². The van der Waals surface area contributed by atoms with Crippen molar-refractivity contribution in [3.05, 3.63) is 0 Å². The molecule has 0 aromatic heterocycles. The Hall–Kier alpha value is -0.570. The highest BCUT2D eigenvalue weighted by Crippen LogP contribution is 2.12. The fraction of sp³-hybridized carbons (Fsp3) is 0.667. The van der Waals surface area contributed by atoms with Gasteiger partial charge in [0.25, 0.3) is 0 Å². The van der Waals surface area contributed by atoms with Crippen LogP contribution in [0.25, 0.3) is 0 Å². The lowest BCUT2D eigenvalue weighted by molar-refractivity contribution is 0.172. The first-order chi connectivity index (χ1) is 2.93. The van der Waals surface area contributed by atoms with Gasteiger partial charge in [-0.05, 0) is 12.8 Å². The number of nitrogens with one attached hydrogen (secondary N) is 1. The Labute approximate surface area is 35.6 Å². The largest absolute Gasteiger partial charge is 0.274 e. The highest BCUT2D eigenvalue weighted by Gasteiger charge is 2.11. The summed E-state index contributed by atoms with van der Waals surface area (Å²) in [6.45, 7) is 0. The van der Waals surface area contributed by atoms with E-state index in [1.807, 2.05) is 0 Å². The molecule has 0 aromatic carbocycles. The Morgan fingerprint density at radius 2 is 2.33 bits per heavy atom. The Morgan fingerprint density at radius 3 is 2.50 bits per heavy atom. The van der Waals surface area contributed by atoms with Crippen LogP contribution in [0, 0.1) is 0 Å². The molecule has 1 rings (SSSR count). The second-order valence-electron chi connectivity index (χ2n) is 1.28. The molecule has 0 saturated heterocycles. The van der Waals surface area contributed by atoms with E-state index in [4.69, 9.17) is 5.21 Å². The quantitative estimate of drug-likeness (QED) is 0.445. The van der Waals surface area contributed by atoms with E-state index in [-0.39, 0.29) is 0 Å². The van der Waals surface area contributed by atoms with Gasteiger partial charge in [0.05, 0.1) is 0 Å². The summed E-state index contributed by atoms with van der Waals surface area (Å²) in [5, 5.41) is 11.3. The average molecular weight is 86.1 g/mol. The standard InChI is InChI=1S/C3H6N2O/c6-5-4-3-1-2-3/h5-6H,1-2H2. The van der Waals surface area contributed by atoms with E-state index in [1.165, 1.54) is 0 Å². The molecule has 6 heavy (non-hydrogen) atoms. The predicted molar refractivity (Wildman–Crippen MR) is 21.6 cm³/mol. The monoisotopic (exact) mass is 86.0 g/mol. The molecular formula is C3H6N2O. The summed E-state index contributed by atoms with van der Waals surface area (Å²) in [6, 6.07) is 0. The number of nitrogens with zero attached hydrogens (tertiary/aromatic N) is 1.